The number of hydrogen-bond donors (Lipinski definition) is 2. The third kappa shape index (κ3) is 6.09. The summed E-state index contributed by atoms with van der Waals surface area (Å²) in [5.74, 6) is -0.547. The molecule has 1 aromatic heterocycles. The molecule has 0 fully saturated rings. The van der Waals surface area contributed by atoms with Gasteiger partial charge in [0.15, 0.2) is 0 Å². The molecular weight excluding hydrogens is 469 g/mol. The van der Waals surface area contributed by atoms with Gasteiger partial charge >= 0.3 is 6.09 Å². The molecule has 33 heavy (non-hydrogen) atoms. The van der Waals surface area contributed by atoms with E-state index in [1.807, 2.05) is 13.8 Å². The SMILES string of the molecule is CC(C)NC(=O)c1cn(Cc2ccc(Cl)c(F)c2)c(=O)c2c1SC[C@@H]2NC(=O)OC(C)(C)C. The van der Waals surface area contributed by atoms with E-state index in [-0.39, 0.29) is 29.1 Å². The molecule has 2 aromatic rings. The van der Waals surface area contributed by atoms with Crippen LogP contribution < -0.4 is 16.2 Å². The summed E-state index contributed by atoms with van der Waals surface area (Å²) in [4.78, 5) is 39.2. The number of benzene rings is 1. The van der Waals surface area contributed by atoms with Crippen molar-refractivity contribution in [1.82, 2.24) is 15.2 Å². The number of rotatable bonds is 5. The summed E-state index contributed by atoms with van der Waals surface area (Å²) in [5.41, 5.74) is 0.0863. The van der Waals surface area contributed by atoms with Crippen LogP contribution in [0.2, 0.25) is 5.02 Å². The molecular formula is C23H27ClFN3O4S. The Bertz CT molecular complexity index is 1140. The van der Waals surface area contributed by atoms with Gasteiger partial charge < -0.3 is 19.9 Å². The second-order valence-electron chi connectivity index (χ2n) is 9.11. The minimum absolute atomic E-state index is 0.0184. The molecule has 3 rings (SSSR count). The van der Waals surface area contributed by atoms with Crippen LogP contribution in [0.25, 0.3) is 0 Å². The summed E-state index contributed by atoms with van der Waals surface area (Å²) in [7, 11) is 0. The van der Waals surface area contributed by atoms with Crippen molar-refractivity contribution in [3.8, 4) is 0 Å². The fraction of sp³-hybridized carbons (Fsp3) is 0.435. The van der Waals surface area contributed by atoms with E-state index in [1.165, 1.54) is 34.7 Å². The number of halogens is 2. The molecule has 178 valence electrons. The van der Waals surface area contributed by atoms with Crippen molar-refractivity contribution in [3.05, 3.63) is 62.3 Å². The number of pyridine rings is 1. The summed E-state index contributed by atoms with van der Waals surface area (Å²) in [6, 6.07) is 3.54. The largest absolute Gasteiger partial charge is 0.444 e. The van der Waals surface area contributed by atoms with Gasteiger partial charge in [0.05, 0.1) is 28.7 Å². The van der Waals surface area contributed by atoms with E-state index in [4.69, 9.17) is 16.3 Å². The molecule has 0 saturated carbocycles. The predicted molar refractivity (Wildman–Crippen MR) is 127 cm³/mol. The number of nitrogens with one attached hydrogen (secondary N) is 2. The zero-order valence-electron chi connectivity index (χ0n) is 19.1. The van der Waals surface area contributed by atoms with Gasteiger partial charge in [0.1, 0.15) is 11.4 Å². The number of fused-ring (bicyclic) bond motifs is 1. The number of carbonyl (C=O) groups excluding carboxylic acids is 2. The predicted octanol–water partition coefficient (Wildman–Crippen LogP) is 4.50. The average Bonchev–Trinajstić information content (AvgIpc) is 3.08. The number of alkyl carbamates (subject to hydrolysis) is 1. The van der Waals surface area contributed by atoms with E-state index >= 15 is 0 Å². The van der Waals surface area contributed by atoms with Gasteiger partial charge in [-0.1, -0.05) is 17.7 Å². The van der Waals surface area contributed by atoms with E-state index in [0.29, 0.717) is 27.3 Å². The van der Waals surface area contributed by atoms with Gasteiger partial charge in [-0.15, -0.1) is 11.8 Å². The Balaban J connectivity index is 2.04. The molecule has 1 aliphatic rings. The fourth-order valence-corrected chi connectivity index (χ4v) is 4.79. The highest BCUT2D eigenvalue weighted by Gasteiger charge is 2.34. The van der Waals surface area contributed by atoms with E-state index in [2.05, 4.69) is 10.6 Å². The van der Waals surface area contributed by atoms with Crippen LogP contribution in [0.15, 0.2) is 34.1 Å². The Labute approximate surface area is 201 Å². The zero-order chi connectivity index (χ0) is 24.5. The Morgan fingerprint density at radius 2 is 2.03 bits per heavy atom. The van der Waals surface area contributed by atoms with Crippen LogP contribution >= 0.6 is 23.4 Å². The maximum Gasteiger partial charge on any atom is 0.408 e. The van der Waals surface area contributed by atoms with Crippen LogP contribution in [-0.2, 0) is 11.3 Å². The maximum absolute atomic E-state index is 13.9. The van der Waals surface area contributed by atoms with Gasteiger partial charge in [0.25, 0.3) is 11.5 Å². The first-order valence-corrected chi connectivity index (χ1v) is 11.9. The van der Waals surface area contributed by atoms with Gasteiger partial charge in [0.2, 0.25) is 0 Å². The lowest BCUT2D eigenvalue weighted by Crippen LogP contribution is -2.38. The minimum Gasteiger partial charge on any atom is -0.444 e. The second kappa shape index (κ2) is 9.77. The standard InChI is InChI=1S/C23H27ClFN3O4S/c1-12(2)26-20(29)14-10-28(9-13-6-7-15(24)16(25)8-13)21(30)18-17(11-33-19(14)18)27-22(31)32-23(3,4)5/h6-8,10,12,17H,9,11H2,1-5H3,(H,26,29)(H,27,31)/t17-/m0/s1. The first-order chi connectivity index (χ1) is 15.4. The normalized spacial score (nSPS) is 15.3. The molecule has 0 spiro atoms. The second-order valence-corrected chi connectivity index (χ2v) is 10.5. The Morgan fingerprint density at radius 1 is 1.33 bits per heavy atom. The number of hydrogen-bond acceptors (Lipinski definition) is 5. The molecule has 7 nitrogen and oxygen atoms in total. The summed E-state index contributed by atoms with van der Waals surface area (Å²) in [6.45, 7) is 8.95. The van der Waals surface area contributed by atoms with Crippen molar-refractivity contribution in [2.24, 2.45) is 0 Å². The van der Waals surface area contributed by atoms with Crippen LogP contribution in [-0.4, -0.2) is 34.0 Å². The number of ether oxygens (including phenoxy) is 1. The van der Waals surface area contributed by atoms with Crippen molar-refractivity contribution in [3.63, 3.8) is 0 Å². The number of aromatic nitrogens is 1. The fourth-order valence-electron chi connectivity index (χ4n) is 3.40. The van der Waals surface area contributed by atoms with Crippen LogP contribution in [0.1, 0.15) is 62.1 Å². The molecule has 2 heterocycles. The van der Waals surface area contributed by atoms with Gasteiger partial charge in [-0.2, -0.15) is 0 Å². The van der Waals surface area contributed by atoms with Crippen LogP contribution in [0, 0.1) is 5.82 Å². The summed E-state index contributed by atoms with van der Waals surface area (Å²) < 4.78 is 20.6. The van der Waals surface area contributed by atoms with Crippen LogP contribution in [0.4, 0.5) is 9.18 Å². The van der Waals surface area contributed by atoms with Crippen molar-refractivity contribution in [2.45, 2.75) is 63.7 Å². The lowest BCUT2D eigenvalue weighted by molar-refractivity contribution is 0.0508. The van der Waals surface area contributed by atoms with E-state index in [0.717, 1.165) is 0 Å². The first kappa shape index (κ1) is 25.1. The Morgan fingerprint density at radius 3 is 2.64 bits per heavy atom. The Kier molecular flexibility index (Phi) is 7.43. The van der Waals surface area contributed by atoms with Gasteiger partial charge in [0, 0.05) is 22.9 Å². The molecule has 2 N–H and O–H groups in total. The van der Waals surface area contributed by atoms with Crippen LogP contribution in [0.5, 0.6) is 0 Å². The maximum atomic E-state index is 13.9. The molecule has 0 unspecified atom stereocenters. The van der Waals surface area contributed by atoms with Gasteiger partial charge in [-0.05, 0) is 52.3 Å². The van der Waals surface area contributed by atoms with Gasteiger partial charge in [-0.3, -0.25) is 9.59 Å². The lowest BCUT2D eigenvalue weighted by Gasteiger charge is -2.22. The van der Waals surface area contributed by atoms with Gasteiger partial charge in [-0.25, -0.2) is 9.18 Å². The highest BCUT2D eigenvalue weighted by Crippen LogP contribution is 2.38. The first-order valence-electron chi connectivity index (χ1n) is 10.5. The minimum atomic E-state index is -0.698. The number of carbonyl (C=O) groups is 2. The van der Waals surface area contributed by atoms with Crippen molar-refractivity contribution in [1.29, 1.82) is 0 Å². The molecule has 1 atom stereocenters. The van der Waals surface area contributed by atoms with Crippen LogP contribution in [0.3, 0.4) is 0 Å². The van der Waals surface area contributed by atoms with Crippen molar-refractivity contribution in [2.75, 3.05) is 5.75 Å². The molecule has 0 bridgehead atoms. The zero-order valence-corrected chi connectivity index (χ0v) is 20.7. The molecule has 1 aromatic carbocycles. The van der Waals surface area contributed by atoms with E-state index in [1.54, 1.807) is 26.8 Å². The average molecular weight is 496 g/mol. The lowest BCUT2D eigenvalue weighted by atomic mass is 10.1. The molecule has 10 heteroatoms. The third-order valence-corrected chi connectivity index (χ3v) is 6.24. The van der Waals surface area contributed by atoms with E-state index < -0.39 is 23.6 Å². The third-order valence-electron chi connectivity index (χ3n) is 4.70. The monoisotopic (exact) mass is 495 g/mol. The molecule has 2 amide bonds. The summed E-state index contributed by atoms with van der Waals surface area (Å²) >= 11 is 7.10. The summed E-state index contributed by atoms with van der Waals surface area (Å²) in [5, 5.41) is 5.57. The summed E-state index contributed by atoms with van der Waals surface area (Å²) in [6.07, 6.45) is 0.831. The molecule has 0 saturated heterocycles. The topological polar surface area (TPSA) is 89.4 Å². The van der Waals surface area contributed by atoms with Crippen molar-refractivity contribution >= 4 is 35.4 Å². The Hall–Kier alpha value is -2.52. The number of nitrogens with zero attached hydrogens (tertiary/aromatic N) is 1. The highest BCUT2D eigenvalue weighted by atomic mass is 35.5. The number of thioether (sulfide) groups is 1. The highest BCUT2D eigenvalue weighted by molar-refractivity contribution is 7.99. The number of amides is 2. The molecule has 1 aliphatic heterocycles. The quantitative estimate of drug-likeness (QED) is 0.637. The van der Waals surface area contributed by atoms with E-state index in [9.17, 15) is 18.8 Å². The van der Waals surface area contributed by atoms with Crippen molar-refractivity contribution < 1.29 is 18.7 Å². The smallest absolute Gasteiger partial charge is 0.408 e. The molecule has 0 radical (unpaired) electrons. The molecule has 0 aliphatic carbocycles.